The molecule has 0 atom stereocenters. The molecule has 18 heavy (non-hydrogen) atoms. The highest BCUT2D eigenvalue weighted by atomic mass is 35.5. The number of ether oxygens (including phenoxy) is 1. The van der Waals surface area contributed by atoms with Crippen molar-refractivity contribution in [1.82, 2.24) is 4.98 Å². The lowest BCUT2D eigenvalue weighted by atomic mass is 10.4. The standard InChI is InChI=1S/C11H14ClN3O3/c1-8(2)7-18-6-5-13-11-9(15(16)17)3-4-10(12)14-11/h3-4H,1,5-7H2,2H3,(H,13,14). The molecule has 1 rings (SSSR count). The Labute approximate surface area is 110 Å². The molecule has 0 aliphatic heterocycles. The van der Waals surface area contributed by atoms with E-state index in [-0.39, 0.29) is 16.7 Å². The first kappa shape index (κ1) is 14.4. The van der Waals surface area contributed by atoms with E-state index in [0.717, 1.165) is 5.57 Å². The topological polar surface area (TPSA) is 77.3 Å². The van der Waals surface area contributed by atoms with Crippen LogP contribution in [0.3, 0.4) is 0 Å². The van der Waals surface area contributed by atoms with Gasteiger partial charge in [-0.3, -0.25) is 10.1 Å². The lowest BCUT2D eigenvalue weighted by Crippen LogP contribution is -2.12. The molecule has 98 valence electrons. The van der Waals surface area contributed by atoms with E-state index in [4.69, 9.17) is 16.3 Å². The zero-order valence-electron chi connectivity index (χ0n) is 9.98. The molecular weight excluding hydrogens is 258 g/mol. The van der Waals surface area contributed by atoms with E-state index in [0.29, 0.717) is 19.8 Å². The molecule has 0 unspecified atom stereocenters. The van der Waals surface area contributed by atoms with E-state index in [2.05, 4.69) is 16.9 Å². The average Bonchev–Trinajstić information content (AvgIpc) is 2.27. The molecular formula is C11H14ClN3O3. The molecule has 0 aromatic carbocycles. The zero-order chi connectivity index (χ0) is 13.5. The number of rotatable bonds is 7. The zero-order valence-corrected chi connectivity index (χ0v) is 10.7. The second-order valence-electron chi connectivity index (χ2n) is 3.70. The number of nitro groups is 1. The van der Waals surface area contributed by atoms with Gasteiger partial charge in [0.15, 0.2) is 0 Å². The number of pyridine rings is 1. The van der Waals surface area contributed by atoms with Crippen molar-refractivity contribution in [2.75, 3.05) is 25.1 Å². The summed E-state index contributed by atoms with van der Waals surface area (Å²) in [6.45, 7) is 6.82. The van der Waals surface area contributed by atoms with Crippen LogP contribution in [0.1, 0.15) is 6.92 Å². The predicted molar refractivity (Wildman–Crippen MR) is 70.0 cm³/mol. The van der Waals surface area contributed by atoms with Gasteiger partial charge < -0.3 is 10.1 Å². The van der Waals surface area contributed by atoms with Crippen molar-refractivity contribution in [3.63, 3.8) is 0 Å². The molecule has 0 saturated carbocycles. The van der Waals surface area contributed by atoms with Gasteiger partial charge in [-0.25, -0.2) is 4.98 Å². The van der Waals surface area contributed by atoms with Crippen LogP contribution >= 0.6 is 11.6 Å². The molecule has 0 bridgehead atoms. The summed E-state index contributed by atoms with van der Waals surface area (Å²) in [5.41, 5.74) is 0.807. The molecule has 1 aromatic heterocycles. The third kappa shape index (κ3) is 4.68. The Hall–Kier alpha value is -1.66. The minimum absolute atomic E-state index is 0.112. The van der Waals surface area contributed by atoms with Crippen molar-refractivity contribution in [2.45, 2.75) is 6.92 Å². The summed E-state index contributed by atoms with van der Waals surface area (Å²) in [6, 6.07) is 2.69. The van der Waals surface area contributed by atoms with Crippen molar-refractivity contribution in [1.29, 1.82) is 0 Å². The van der Waals surface area contributed by atoms with Crippen LogP contribution in [-0.2, 0) is 4.74 Å². The summed E-state index contributed by atoms with van der Waals surface area (Å²) in [6.07, 6.45) is 0. The van der Waals surface area contributed by atoms with Crippen LogP contribution in [0.4, 0.5) is 11.5 Å². The average molecular weight is 272 g/mol. The maximum atomic E-state index is 10.8. The van der Waals surface area contributed by atoms with E-state index in [1.54, 1.807) is 0 Å². The molecule has 0 aliphatic carbocycles. The van der Waals surface area contributed by atoms with Crippen molar-refractivity contribution in [3.05, 3.63) is 39.6 Å². The molecule has 6 nitrogen and oxygen atoms in total. The third-order valence-corrected chi connectivity index (χ3v) is 2.13. The highest BCUT2D eigenvalue weighted by molar-refractivity contribution is 6.29. The minimum Gasteiger partial charge on any atom is -0.375 e. The van der Waals surface area contributed by atoms with Gasteiger partial charge in [-0.05, 0) is 13.0 Å². The van der Waals surface area contributed by atoms with Crippen molar-refractivity contribution >= 4 is 23.1 Å². The van der Waals surface area contributed by atoms with E-state index in [9.17, 15) is 10.1 Å². The summed E-state index contributed by atoms with van der Waals surface area (Å²) >= 11 is 5.69. The van der Waals surface area contributed by atoms with Gasteiger partial charge in [0.1, 0.15) is 5.15 Å². The smallest absolute Gasteiger partial charge is 0.311 e. The van der Waals surface area contributed by atoms with Crippen LogP contribution in [0.15, 0.2) is 24.3 Å². The summed E-state index contributed by atoms with van der Waals surface area (Å²) in [4.78, 5) is 14.1. The first-order chi connectivity index (χ1) is 8.50. The lowest BCUT2D eigenvalue weighted by Gasteiger charge is -2.07. The van der Waals surface area contributed by atoms with Gasteiger partial charge >= 0.3 is 5.69 Å². The van der Waals surface area contributed by atoms with Crippen molar-refractivity contribution < 1.29 is 9.66 Å². The highest BCUT2D eigenvalue weighted by Crippen LogP contribution is 2.23. The second-order valence-corrected chi connectivity index (χ2v) is 4.08. The molecule has 0 saturated heterocycles. The van der Waals surface area contributed by atoms with E-state index in [1.165, 1.54) is 12.1 Å². The van der Waals surface area contributed by atoms with E-state index >= 15 is 0 Å². The molecule has 0 spiro atoms. The monoisotopic (exact) mass is 271 g/mol. The van der Waals surface area contributed by atoms with Gasteiger partial charge in [0.2, 0.25) is 5.82 Å². The number of hydrogen-bond donors (Lipinski definition) is 1. The van der Waals surface area contributed by atoms with Gasteiger partial charge in [-0.15, -0.1) is 0 Å². The van der Waals surface area contributed by atoms with Crippen LogP contribution in [0, 0.1) is 10.1 Å². The van der Waals surface area contributed by atoms with E-state index < -0.39 is 4.92 Å². The normalized spacial score (nSPS) is 10.1. The number of aromatic nitrogens is 1. The SMILES string of the molecule is C=C(C)COCCNc1nc(Cl)ccc1[N+](=O)[O-]. The highest BCUT2D eigenvalue weighted by Gasteiger charge is 2.14. The van der Waals surface area contributed by atoms with Gasteiger partial charge in [-0.2, -0.15) is 0 Å². The van der Waals surface area contributed by atoms with Crippen molar-refractivity contribution in [3.8, 4) is 0 Å². The summed E-state index contributed by atoms with van der Waals surface area (Å²) in [5.74, 6) is 0.145. The Morgan fingerprint density at radius 2 is 2.39 bits per heavy atom. The van der Waals surface area contributed by atoms with Gasteiger partial charge in [0.05, 0.1) is 18.1 Å². The summed E-state index contributed by atoms with van der Waals surface area (Å²) in [7, 11) is 0. The molecule has 0 radical (unpaired) electrons. The number of hydrogen-bond acceptors (Lipinski definition) is 5. The maximum Gasteiger partial charge on any atom is 0.311 e. The Morgan fingerprint density at radius 1 is 1.67 bits per heavy atom. The van der Waals surface area contributed by atoms with Gasteiger partial charge in [-0.1, -0.05) is 23.8 Å². The molecule has 0 amide bonds. The summed E-state index contributed by atoms with van der Waals surface area (Å²) in [5, 5.41) is 13.8. The first-order valence-electron chi connectivity index (χ1n) is 5.27. The fourth-order valence-corrected chi connectivity index (χ4v) is 1.34. The lowest BCUT2D eigenvalue weighted by molar-refractivity contribution is -0.384. The van der Waals surface area contributed by atoms with Crippen LogP contribution in [0.25, 0.3) is 0 Å². The largest absolute Gasteiger partial charge is 0.375 e. The summed E-state index contributed by atoms with van der Waals surface area (Å²) < 4.78 is 5.25. The van der Waals surface area contributed by atoms with Crippen molar-refractivity contribution in [2.24, 2.45) is 0 Å². The number of halogens is 1. The molecule has 7 heteroatoms. The quantitative estimate of drug-likeness (QED) is 0.271. The Kier molecular flexibility index (Phi) is 5.54. The Balaban J connectivity index is 2.53. The molecule has 0 aliphatic rings. The first-order valence-corrected chi connectivity index (χ1v) is 5.65. The molecule has 0 fully saturated rings. The van der Waals surface area contributed by atoms with Crippen LogP contribution in [-0.4, -0.2) is 29.7 Å². The second kappa shape index (κ2) is 6.93. The van der Waals surface area contributed by atoms with Crippen LogP contribution < -0.4 is 5.32 Å². The van der Waals surface area contributed by atoms with Gasteiger partial charge in [0, 0.05) is 12.6 Å². The minimum atomic E-state index is -0.513. The fourth-order valence-electron chi connectivity index (χ4n) is 1.19. The number of anilines is 1. The van der Waals surface area contributed by atoms with Crippen LogP contribution in [0.2, 0.25) is 5.15 Å². The number of nitrogens with zero attached hydrogens (tertiary/aromatic N) is 2. The van der Waals surface area contributed by atoms with E-state index in [1.807, 2.05) is 6.92 Å². The number of nitrogens with one attached hydrogen (secondary N) is 1. The van der Waals surface area contributed by atoms with Crippen LogP contribution in [0.5, 0.6) is 0 Å². The molecule has 1 aromatic rings. The Morgan fingerprint density at radius 3 is 3.00 bits per heavy atom. The molecule has 1 heterocycles. The Bertz CT molecular complexity index is 451. The predicted octanol–water partition coefficient (Wildman–Crippen LogP) is 2.65. The van der Waals surface area contributed by atoms with Gasteiger partial charge in [0.25, 0.3) is 0 Å². The molecule has 1 N–H and O–H groups in total. The fraction of sp³-hybridized carbons (Fsp3) is 0.364. The third-order valence-electron chi connectivity index (χ3n) is 1.92. The maximum absolute atomic E-state index is 10.8.